The van der Waals surface area contributed by atoms with Crippen LogP contribution in [0.2, 0.25) is 0 Å². The number of carbonyl (C=O) groups is 2. The Morgan fingerprint density at radius 3 is 2.40 bits per heavy atom. The summed E-state index contributed by atoms with van der Waals surface area (Å²) in [7, 11) is 2.16. The third kappa shape index (κ3) is 10.9. The van der Waals surface area contributed by atoms with Gasteiger partial charge in [-0.25, -0.2) is 14.6 Å². The lowest BCUT2D eigenvalue weighted by molar-refractivity contribution is 0.193. The van der Waals surface area contributed by atoms with E-state index in [0.29, 0.717) is 17.4 Å². The standard InChI is InChI=1S/C42H53N11O2/c1-27-20-37(49-39(45-27)51-41(54)47-35-16-14-31-10-4-5-11-33(31)23-35)43-18-6-8-29-12-13-32-15-17-36(24-34(32)22-29)48-42(55)52-40-46-28(2)21-38(50-40)44-25-30-9-7-19-53(3)26-30/h4-5,10-17,21-24,27,30,37,39,43,45,49H,6-9,18-20,25-26H2,1-3H3,(H2,47,51,54)(H3,44,46,48,50,52,55). The summed E-state index contributed by atoms with van der Waals surface area (Å²) in [4.78, 5) is 37.2. The van der Waals surface area contributed by atoms with Gasteiger partial charge >= 0.3 is 12.1 Å². The van der Waals surface area contributed by atoms with Crippen LogP contribution in [0.1, 0.15) is 43.9 Å². The average Bonchev–Trinajstić information content (AvgIpc) is 3.15. The van der Waals surface area contributed by atoms with Crippen LogP contribution in [0.4, 0.5) is 32.7 Å². The van der Waals surface area contributed by atoms with E-state index in [1.54, 1.807) is 0 Å². The Hall–Kier alpha value is -5.34. The second-order valence-electron chi connectivity index (χ2n) is 15.0. The summed E-state index contributed by atoms with van der Waals surface area (Å²) in [5, 5.41) is 30.0. The van der Waals surface area contributed by atoms with Crippen LogP contribution >= 0.6 is 0 Å². The normalized spacial score (nSPS) is 20.2. The van der Waals surface area contributed by atoms with Crippen LogP contribution in [0.5, 0.6) is 0 Å². The van der Waals surface area contributed by atoms with Crippen LogP contribution in [-0.4, -0.2) is 78.7 Å². The molecule has 0 saturated carbocycles. The van der Waals surface area contributed by atoms with Gasteiger partial charge in [-0.2, -0.15) is 4.98 Å². The number of piperidine rings is 1. The molecule has 13 heteroatoms. The van der Waals surface area contributed by atoms with Gasteiger partial charge in [0.05, 0.1) is 6.17 Å². The molecule has 2 saturated heterocycles. The molecule has 3 heterocycles. The minimum Gasteiger partial charge on any atom is -0.370 e. The highest BCUT2D eigenvalue weighted by atomic mass is 16.2. The molecule has 288 valence electrons. The van der Waals surface area contributed by atoms with Gasteiger partial charge in [0.1, 0.15) is 12.1 Å². The molecule has 1 aromatic heterocycles. The Bertz CT molecular complexity index is 2110. The van der Waals surface area contributed by atoms with Gasteiger partial charge in [-0.15, -0.1) is 0 Å². The van der Waals surface area contributed by atoms with E-state index in [-0.39, 0.29) is 30.5 Å². The molecule has 4 aromatic carbocycles. The number of carbonyl (C=O) groups excluding carboxylic acids is 2. The molecule has 5 aromatic rings. The molecule has 2 fully saturated rings. The van der Waals surface area contributed by atoms with E-state index in [1.807, 2.05) is 67.6 Å². The summed E-state index contributed by atoms with van der Waals surface area (Å²) in [6.45, 7) is 7.89. The number of hydrogen-bond donors (Lipinski definition) is 8. The summed E-state index contributed by atoms with van der Waals surface area (Å²) in [6, 6.07) is 27.8. The van der Waals surface area contributed by atoms with Crippen molar-refractivity contribution in [2.75, 3.05) is 54.5 Å². The molecular formula is C42H53N11O2. The summed E-state index contributed by atoms with van der Waals surface area (Å²) in [5.41, 5.74) is 3.44. The number of nitrogens with zero attached hydrogens (tertiary/aromatic N) is 3. The average molecular weight is 744 g/mol. The first-order chi connectivity index (χ1) is 26.7. The maximum absolute atomic E-state index is 13.0. The van der Waals surface area contributed by atoms with Crippen molar-refractivity contribution >= 4 is 56.7 Å². The molecule has 55 heavy (non-hydrogen) atoms. The number of nitrogens with one attached hydrogen (secondary N) is 8. The molecule has 0 aliphatic carbocycles. The minimum atomic E-state index is -0.393. The zero-order valence-electron chi connectivity index (χ0n) is 31.9. The van der Waals surface area contributed by atoms with Gasteiger partial charge in [0.15, 0.2) is 0 Å². The number of fused-ring (bicyclic) bond motifs is 2. The van der Waals surface area contributed by atoms with Gasteiger partial charge in [-0.05, 0) is 123 Å². The second-order valence-corrected chi connectivity index (χ2v) is 15.0. The molecule has 8 N–H and O–H groups in total. The fourth-order valence-electron chi connectivity index (χ4n) is 7.58. The van der Waals surface area contributed by atoms with Crippen LogP contribution in [0.25, 0.3) is 21.5 Å². The van der Waals surface area contributed by atoms with Crippen LogP contribution in [0.15, 0.2) is 84.9 Å². The van der Waals surface area contributed by atoms with Crippen molar-refractivity contribution < 1.29 is 9.59 Å². The SMILES string of the molecule is Cc1cc(NCC2CCCN(C)C2)nc(NC(=O)Nc2ccc3ccc(CCCNC4CC(C)NC(NC(=O)Nc5ccc6ccccc6c5)N4)cc3c2)n1. The summed E-state index contributed by atoms with van der Waals surface area (Å²) in [6.07, 6.45) is 4.82. The van der Waals surface area contributed by atoms with Gasteiger partial charge < -0.3 is 31.5 Å². The molecule has 0 bridgehead atoms. The maximum Gasteiger partial charge on any atom is 0.326 e. The Labute approximate surface area is 322 Å². The fraction of sp³-hybridized carbons (Fsp3) is 0.381. The molecule has 0 radical (unpaired) electrons. The van der Waals surface area contributed by atoms with E-state index in [9.17, 15) is 9.59 Å². The fourth-order valence-corrected chi connectivity index (χ4v) is 7.58. The minimum absolute atomic E-state index is 0.0514. The number of likely N-dealkylation sites (tertiary alicyclic amines) is 1. The van der Waals surface area contributed by atoms with Crippen LogP contribution in [0, 0.1) is 12.8 Å². The smallest absolute Gasteiger partial charge is 0.326 e. The van der Waals surface area contributed by atoms with E-state index < -0.39 is 6.03 Å². The number of anilines is 4. The van der Waals surface area contributed by atoms with Crippen LogP contribution in [0.3, 0.4) is 0 Å². The monoisotopic (exact) mass is 743 g/mol. The number of hydrogen-bond acceptors (Lipinski definition) is 9. The zero-order chi connectivity index (χ0) is 38.1. The number of aryl methyl sites for hydroxylation is 2. The Morgan fingerprint density at radius 2 is 1.58 bits per heavy atom. The van der Waals surface area contributed by atoms with Crippen LogP contribution in [-0.2, 0) is 6.42 Å². The molecular weight excluding hydrogens is 691 g/mol. The molecule has 0 spiro atoms. The first-order valence-corrected chi connectivity index (χ1v) is 19.4. The third-order valence-corrected chi connectivity index (χ3v) is 10.3. The van der Waals surface area contributed by atoms with Crippen molar-refractivity contribution in [2.24, 2.45) is 5.92 Å². The van der Waals surface area contributed by atoms with E-state index in [1.165, 1.54) is 18.4 Å². The van der Waals surface area contributed by atoms with E-state index >= 15 is 0 Å². The Balaban J connectivity index is 0.859. The highest BCUT2D eigenvalue weighted by Crippen LogP contribution is 2.23. The first kappa shape index (κ1) is 38.0. The first-order valence-electron chi connectivity index (χ1n) is 19.4. The van der Waals surface area contributed by atoms with Gasteiger partial charge in [0.25, 0.3) is 0 Å². The summed E-state index contributed by atoms with van der Waals surface area (Å²) in [5.74, 6) is 1.55. The lowest BCUT2D eigenvalue weighted by Gasteiger charge is -2.36. The largest absolute Gasteiger partial charge is 0.370 e. The number of rotatable bonds is 12. The summed E-state index contributed by atoms with van der Waals surface area (Å²) < 4.78 is 0. The van der Waals surface area contributed by atoms with Crippen molar-refractivity contribution in [3.8, 4) is 0 Å². The molecule has 2 aliphatic rings. The number of amides is 4. The molecule has 4 amide bonds. The Morgan fingerprint density at radius 1 is 0.836 bits per heavy atom. The van der Waals surface area contributed by atoms with E-state index in [2.05, 4.69) is 95.6 Å². The second kappa shape index (κ2) is 17.9. The number of aromatic nitrogens is 2. The van der Waals surface area contributed by atoms with Gasteiger partial charge in [0, 0.05) is 42.3 Å². The van der Waals surface area contributed by atoms with Gasteiger partial charge in [-0.3, -0.25) is 16.0 Å². The molecule has 2 aliphatic heterocycles. The molecule has 4 unspecified atom stereocenters. The molecule has 13 nitrogen and oxygen atoms in total. The van der Waals surface area contributed by atoms with Crippen LogP contribution < -0.4 is 42.5 Å². The summed E-state index contributed by atoms with van der Waals surface area (Å²) >= 11 is 0. The van der Waals surface area contributed by atoms with Crippen molar-refractivity contribution in [1.29, 1.82) is 0 Å². The highest BCUT2D eigenvalue weighted by Gasteiger charge is 2.26. The van der Waals surface area contributed by atoms with Crippen molar-refractivity contribution in [3.63, 3.8) is 0 Å². The zero-order valence-corrected chi connectivity index (χ0v) is 31.9. The van der Waals surface area contributed by atoms with Gasteiger partial charge in [-0.1, -0.05) is 54.6 Å². The van der Waals surface area contributed by atoms with Crippen molar-refractivity contribution in [3.05, 3.63) is 96.2 Å². The highest BCUT2D eigenvalue weighted by molar-refractivity contribution is 6.00. The molecule has 4 atom stereocenters. The third-order valence-electron chi connectivity index (χ3n) is 10.3. The lowest BCUT2D eigenvalue weighted by Crippen LogP contribution is -2.67. The van der Waals surface area contributed by atoms with Crippen molar-refractivity contribution in [1.82, 2.24) is 36.1 Å². The molecule has 7 rings (SSSR count). The predicted octanol–water partition coefficient (Wildman–Crippen LogP) is 6.41. The van der Waals surface area contributed by atoms with E-state index in [4.69, 9.17) is 0 Å². The lowest BCUT2D eigenvalue weighted by atomic mass is 9.98. The predicted molar refractivity (Wildman–Crippen MR) is 222 cm³/mol. The van der Waals surface area contributed by atoms with E-state index in [0.717, 1.165) is 78.4 Å². The topological polar surface area (TPSA) is 159 Å². The Kier molecular flexibility index (Phi) is 12.3. The quantitative estimate of drug-likeness (QED) is 0.0676. The maximum atomic E-state index is 13.0. The van der Waals surface area contributed by atoms with Crippen molar-refractivity contribution in [2.45, 2.75) is 64.4 Å². The van der Waals surface area contributed by atoms with Gasteiger partial charge in [0.2, 0.25) is 5.95 Å². The number of benzene rings is 4. The number of urea groups is 2.